The number of rotatable bonds is 13. The second-order valence-electron chi connectivity index (χ2n) is 6.07. The molecule has 0 aliphatic heterocycles. The number of nitrogens with two attached hydrogens (primary N) is 2. The molecule has 0 amide bonds. The lowest BCUT2D eigenvalue weighted by Crippen LogP contribution is -1.99. The maximum absolute atomic E-state index is 5.63. The van der Waals surface area contributed by atoms with Gasteiger partial charge in [0, 0.05) is 11.4 Å². The summed E-state index contributed by atoms with van der Waals surface area (Å²) in [5.74, 6) is 0. The Morgan fingerprint density at radius 3 is 1.27 bits per heavy atom. The third-order valence-corrected chi connectivity index (χ3v) is 3.78. The SMILES string of the molecule is Nc1ccc(COOCCCCCCOOCc2ccc(N)cc2)cc1. The number of unbranched alkanes of at least 4 members (excludes halogenated alkanes) is 3. The van der Waals surface area contributed by atoms with Gasteiger partial charge in [0.1, 0.15) is 13.2 Å². The van der Waals surface area contributed by atoms with Crippen molar-refractivity contribution in [2.24, 2.45) is 0 Å². The summed E-state index contributed by atoms with van der Waals surface area (Å²) in [4.78, 5) is 20.7. The van der Waals surface area contributed by atoms with Crippen LogP contribution in [0.25, 0.3) is 0 Å². The summed E-state index contributed by atoms with van der Waals surface area (Å²) in [6.45, 7) is 2.03. The average Bonchev–Trinajstić information content (AvgIpc) is 2.65. The molecular formula is C20H28N2O4. The second kappa shape index (κ2) is 12.3. The van der Waals surface area contributed by atoms with Gasteiger partial charge in [-0.2, -0.15) is 0 Å². The highest BCUT2D eigenvalue weighted by Gasteiger charge is 1.97. The molecular weight excluding hydrogens is 332 g/mol. The Hall–Kier alpha value is -2.12. The third-order valence-electron chi connectivity index (χ3n) is 3.78. The summed E-state index contributed by atoms with van der Waals surface area (Å²) in [5.41, 5.74) is 14.8. The molecule has 2 aromatic carbocycles. The zero-order valence-corrected chi connectivity index (χ0v) is 15.1. The Morgan fingerprint density at radius 2 is 0.885 bits per heavy atom. The predicted octanol–water partition coefficient (Wildman–Crippen LogP) is 4.01. The van der Waals surface area contributed by atoms with Crippen molar-refractivity contribution in [2.45, 2.75) is 38.9 Å². The average molecular weight is 360 g/mol. The highest BCUT2D eigenvalue weighted by Crippen LogP contribution is 2.08. The van der Waals surface area contributed by atoms with Gasteiger partial charge in [-0.05, 0) is 48.2 Å². The highest BCUT2D eigenvalue weighted by molar-refractivity contribution is 5.39. The van der Waals surface area contributed by atoms with Gasteiger partial charge in [-0.1, -0.05) is 37.1 Å². The number of nitrogen functional groups attached to an aromatic ring is 2. The fourth-order valence-electron chi connectivity index (χ4n) is 2.24. The zero-order chi connectivity index (χ0) is 18.5. The minimum Gasteiger partial charge on any atom is -0.399 e. The fourth-order valence-corrected chi connectivity index (χ4v) is 2.24. The van der Waals surface area contributed by atoms with Gasteiger partial charge < -0.3 is 11.5 Å². The van der Waals surface area contributed by atoms with Crippen LogP contribution in [0.4, 0.5) is 11.4 Å². The lowest BCUT2D eigenvalue weighted by Gasteiger charge is -2.06. The van der Waals surface area contributed by atoms with Crippen LogP contribution < -0.4 is 11.5 Å². The van der Waals surface area contributed by atoms with Gasteiger partial charge in [-0.3, -0.25) is 0 Å². The van der Waals surface area contributed by atoms with Crippen molar-refractivity contribution >= 4 is 11.4 Å². The smallest absolute Gasteiger partial charge is 0.107 e. The maximum Gasteiger partial charge on any atom is 0.107 e. The Balaban J connectivity index is 1.35. The number of anilines is 2. The van der Waals surface area contributed by atoms with Gasteiger partial charge in [0.25, 0.3) is 0 Å². The number of hydrogen-bond donors (Lipinski definition) is 2. The molecule has 0 aliphatic carbocycles. The van der Waals surface area contributed by atoms with Crippen LogP contribution in [-0.4, -0.2) is 13.2 Å². The van der Waals surface area contributed by atoms with Gasteiger partial charge in [0.05, 0.1) is 13.2 Å². The summed E-state index contributed by atoms with van der Waals surface area (Å²) in [6.07, 6.45) is 4.03. The molecule has 0 saturated carbocycles. The Kier molecular flexibility index (Phi) is 9.53. The van der Waals surface area contributed by atoms with E-state index < -0.39 is 0 Å². The van der Waals surface area contributed by atoms with Gasteiger partial charge >= 0.3 is 0 Å². The normalized spacial score (nSPS) is 10.9. The Labute approximate surface area is 154 Å². The van der Waals surface area contributed by atoms with Crippen molar-refractivity contribution in [2.75, 3.05) is 24.7 Å². The monoisotopic (exact) mass is 360 g/mol. The van der Waals surface area contributed by atoms with E-state index in [4.69, 9.17) is 31.0 Å². The van der Waals surface area contributed by atoms with Crippen molar-refractivity contribution in [1.29, 1.82) is 0 Å². The van der Waals surface area contributed by atoms with Crippen molar-refractivity contribution < 1.29 is 19.6 Å². The van der Waals surface area contributed by atoms with Crippen molar-refractivity contribution in [1.82, 2.24) is 0 Å². The van der Waals surface area contributed by atoms with Crippen molar-refractivity contribution in [3.63, 3.8) is 0 Å². The molecule has 6 heteroatoms. The van der Waals surface area contributed by atoms with Gasteiger partial charge in [-0.25, -0.2) is 19.6 Å². The Morgan fingerprint density at radius 1 is 0.500 bits per heavy atom. The lowest BCUT2D eigenvalue weighted by molar-refractivity contribution is -0.305. The number of hydrogen-bond acceptors (Lipinski definition) is 6. The minimum atomic E-state index is 0.430. The van der Waals surface area contributed by atoms with E-state index in [9.17, 15) is 0 Å². The van der Waals surface area contributed by atoms with E-state index in [2.05, 4.69) is 0 Å². The van der Waals surface area contributed by atoms with E-state index in [-0.39, 0.29) is 0 Å². The molecule has 2 rings (SSSR count). The quantitative estimate of drug-likeness (QED) is 0.243. The first-order chi connectivity index (χ1) is 12.7. The van der Waals surface area contributed by atoms with E-state index in [1.807, 2.05) is 48.5 Å². The topological polar surface area (TPSA) is 89.0 Å². The molecule has 0 saturated heterocycles. The molecule has 0 spiro atoms. The van der Waals surface area contributed by atoms with E-state index in [1.54, 1.807) is 0 Å². The highest BCUT2D eigenvalue weighted by atomic mass is 17.2. The summed E-state index contributed by atoms with van der Waals surface area (Å²) in [7, 11) is 0. The Bertz CT molecular complexity index is 547. The molecule has 0 bridgehead atoms. The lowest BCUT2D eigenvalue weighted by atomic mass is 10.2. The molecule has 0 aliphatic rings. The van der Waals surface area contributed by atoms with Crippen LogP contribution in [-0.2, 0) is 32.8 Å². The van der Waals surface area contributed by atoms with Crippen molar-refractivity contribution in [3.8, 4) is 0 Å². The molecule has 0 fully saturated rings. The first kappa shape index (κ1) is 20.2. The zero-order valence-electron chi connectivity index (χ0n) is 15.1. The van der Waals surface area contributed by atoms with E-state index in [0.29, 0.717) is 26.4 Å². The first-order valence-electron chi connectivity index (χ1n) is 8.92. The molecule has 0 radical (unpaired) electrons. The van der Waals surface area contributed by atoms with Crippen LogP contribution in [0.3, 0.4) is 0 Å². The van der Waals surface area contributed by atoms with E-state index in [0.717, 1.165) is 48.2 Å². The molecule has 4 N–H and O–H groups in total. The molecule has 142 valence electrons. The summed E-state index contributed by atoms with van der Waals surface area (Å²) < 4.78 is 0. The van der Waals surface area contributed by atoms with Crippen LogP contribution in [0.2, 0.25) is 0 Å². The number of benzene rings is 2. The fraction of sp³-hybridized carbons (Fsp3) is 0.400. The summed E-state index contributed by atoms with van der Waals surface area (Å²) in [5, 5.41) is 0. The maximum atomic E-state index is 5.63. The van der Waals surface area contributed by atoms with Crippen LogP contribution in [0.15, 0.2) is 48.5 Å². The standard InChI is InChI=1S/C20H28N2O4/c21-19-9-5-17(6-10-19)15-25-23-13-3-1-2-4-14-24-26-16-18-7-11-20(22)12-8-18/h5-12H,1-4,13-16,21-22H2. The molecule has 0 aromatic heterocycles. The molecule has 6 nitrogen and oxygen atoms in total. The minimum absolute atomic E-state index is 0.430. The van der Waals surface area contributed by atoms with Crippen molar-refractivity contribution in [3.05, 3.63) is 59.7 Å². The van der Waals surface area contributed by atoms with Crippen LogP contribution in [0.1, 0.15) is 36.8 Å². The van der Waals surface area contributed by atoms with Crippen LogP contribution >= 0.6 is 0 Å². The van der Waals surface area contributed by atoms with Gasteiger partial charge in [0.2, 0.25) is 0 Å². The molecule has 0 heterocycles. The molecule has 0 atom stereocenters. The molecule has 2 aromatic rings. The second-order valence-corrected chi connectivity index (χ2v) is 6.07. The van der Waals surface area contributed by atoms with E-state index in [1.165, 1.54) is 0 Å². The van der Waals surface area contributed by atoms with Crippen LogP contribution in [0, 0.1) is 0 Å². The first-order valence-corrected chi connectivity index (χ1v) is 8.92. The molecule has 0 unspecified atom stereocenters. The third kappa shape index (κ3) is 8.82. The van der Waals surface area contributed by atoms with E-state index >= 15 is 0 Å². The van der Waals surface area contributed by atoms with Crippen LogP contribution in [0.5, 0.6) is 0 Å². The summed E-state index contributed by atoms with van der Waals surface area (Å²) in [6, 6.07) is 15.1. The summed E-state index contributed by atoms with van der Waals surface area (Å²) >= 11 is 0. The predicted molar refractivity (Wildman–Crippen MR) is 102 cm³/mol. The largest absolute Gasteiger partial charge is 0.399 e. The molecule has 26 heavy (non-hydrogen) atoms. The van der Waals surface area contributed by atoms with Gasteiger partial charge in [0.15, 0.2) is 0 Å². The van der Waals surface area contributed by atoms with Gasteiger partial charge in [-0.15, -0.1) is 0 Å².